The molecule has 0 heterocycles. The van der Waals surface area contributed by atoms with Crippen LogP contribution < -0.4 is 4.74 Å². The van der Waals surface area contributed by atoms with E-state index in [0.29, 0.717) is 23.1 Å². The molecule has 0 aliphatic carbocycles. The van der Waals surface area contributed by atoms with Gasteiger partial charge in [-0.05, 0) is 30.2 Å². The van der Waals surface area contributed by atoms with Gasteiger partial charge in [0.15, 0.2) is 6.61 Å². The van der Waals surface area contributed by atoms with Gasteiger partial charge in [-0.25, -0.2) is 4.79 Å². The highest BCUT2D eigenvalue weighted by Gasteiger charge is 2.11. The SMILES string of the molecule is O=C(O)COc1ccc(Cl)cc1C[C@@H](Cl)CCl. The summed E-state index contributed by atoms with van der Waals surface area (Å²) in [6.07, 6.45) is 0.473. The van der Waals surface area contributed by atoms with Gasteiger partial charge in [0.2, 0.25) is 0 Å². The van der Waals surface area contributed by atoms with E-state index in [1.54, 1.807) is 18.2 Å². The van der Waals surface area contributed by atoms with Crippen LogP contribution in [0.25, 0.3) is 0 Å². The van der Waals surface area contributed by atoms with Crippen molar-refractivity contribution in [3.05, 3.63) is 28.8 Å². The quantitative estimate of drug-likeness (QED) is 0.820. The normalized spacial score (nSPS) is 12.2. The molecular weight excluding hydrogens is 286 g/mol. The van der Waals surface area contributed by atoms with E-state index in [2.05, 4.69) is 0 Å². The summed E-state index contributed by atoms with van der Waals surface area (Å²) >= 11 is 17.4. The Morgan fingerprint density at radius 3 is 2.76 bits per heavy atom. The van der Waals surface area contributed by atoms with Crippen LogP contribution >= 0.6 is 34.8 Å². The van der Waals surface area contributed by atoms with Gasteiger partial charge in [-0.2, -0.15) is 0 Å². The maximum Gasteiger partial charge on any atom is 0.341 e. The Kier molecular flexibility index (Phi) is 5.89. The average molecular weight is 298 g/mol. The van der Waals surface area contributed by atoms with E-state index in [1.807, 2.05) is 0 Å². The zero-order chi connectivity index (χ0) is 12.8. The van der Waals surface area contributed by atoms with Crippen LogP contribution in [0.5, 0.6) is 5.75 Å². The number of alkyl halides is 2. The molecule has 94 valence electrons. The third kappa shape index (κ3) is 5.02. The molecule has 0 saturated carbocycles. The van der Waals surface area contributed by atoms with Crippen molar-refractivity contribution in [2.24, 2.45) is 0 Å². The van der Waals surface area contributed by atoms with Crippen molar-refractivity contribution in [3.8, 4) is 5.75 Å². The highest BCUT2D eigenvalue weighted by Crippen LogP contribution is 2.25. The molecule has 0 aliphatic rings. The van der Waals surface area contributed by atoms with Gasteiger partial charge < -0.3 is 9.84 Å². The molecule has 0 radical (unpaired) electrons. The minimum atomic E-state index is -1.04. The molecule has 1 rings (SSSR count). The van der Waals surface area contributed by atoms with Crippen LogP contribution in [-0.2, 0) is 11.2 Å². The van der Waals surface area contributed by atoms with E-state index in [0.717, 1.165) is 5.56 Å². The summed E-state index contributed by atoms with van der Waals surface area (Å²) in [7, 11) is 0. The molecule has 1 aromatic rings. The monoisotopic (exact) mass is 296 g/mol. The fraction of sp³-hybridized carbons (Fsp3) is 0.364. The number of rotatable bonds is 6. The van der Waals surface area contributed by atoms with Gasteiger partial charge in [0.25, 0.3) is 0 Å². The maximum absolute atomic E-state index is 10.4. The first-order valence-corrected chi connectivity index (χ1v) is 6.21. The van der Waals surface area contributed by atoms with Crippen LogP contribution in [0.4, 0.5) is 0 Å². The number of aliphatic carboxylic acids is 1. The summed E-state index contributed by atoms with van der Waals surface area (Å²) in [5.41, 5.74) is 0.749. The highest BCUT2D eigenvalue weighted by molar-refractivity contribution is 6.30. The Morgan fingerprint density at radius 1 is 1.47 bits per heavy atom. The molecule has 3 nitrogen and oxygen atoms in total. The molecule has 0 amide bonds. The van der Waals surface area contributed by atoms with E-state index in [9.17, 15) is 4.79 Å². The molecule has 1 N–H and O–H groups in total. The lowest BCUT2D eigenvalue weighted by atomic mass is 10.1. The Morgan fingerprint density at radius 2 is 2.18 bits per heavy atom. The summed E-state index contributed by atoms with van der Waals surface area (Å²) < 4.78 is 5.14. The van der Waals surface area contributed by atoms with Crippen molar-refractivity contribution in [1.82, 2.24) is 0 Å². The number of carboxylic acids is 1. The van der Waals surface area contributed by atoms with Crippen LogP contribution in [0.15, 0.2) is 18.2 Å². The first-order valence-electron chi connectivity index (χ1n) is 4.86. The lowest BCUT2D eigenvalue weighted by Crippen LogP contribution is -2.12. The minimum absolute atomic E-state index is 0.248. The van der Waals surface area contributed by atoms with Crippen molar-refractivity contribution in [2.75, 3.05) is 12.5 Å². The molecule has 0 aromatic heterocycles. The zero-order valence-electron chi connectivity index (χ0n) is 8.83. The third-order valence-corrected chi connectivity index (χ3v) is 3.06. The predicted octanol–water partition coefficient (Wildman–Crippen LogP) is 3.19. The van der Waals surface area contributed by atoms with Gasteiger partial charge >= 0.3 is 5.97 Å². The molecule has 0 fully saturated rings. The smallest absolute Gasteiger partial charge is 0.341 e. The third-order valence-electron chi connectivity index (χ3n) is 1.98. The molecule has 0 bridgehead atoms. The minimum Gasteiger partial charge on any atom is -0.482 e. The fourth-order valence-corrected chi connectivity index (χ4v) is 1.75. The molecule has 0 aliphatic heterocycles. The predicted molar refractivity (Wildman–Crippen MR) is 68.6 cm³/mol. The molecule has 1 atom stereocenters. The van der Waals surface area contributed by atoms with Gasteiger partial charge in [0.05, 0.1) is 5.38 Å². The number of carboxylic acid groups (broad SMARTS) is 1. The van der Waals surface area contributed by atoms with Gasteiger partial charge in [0.1, 0.15) is 5.75 Å². The fourth-order valence-electron chi connectivity index (χ4n) is 1.28. The number of benzene rings is 1. The van der Waals surface area contributed by atoms with E-state index < -0.39 is 12.6 Å². The van der Waals surface area contributed by atoms with E-state index in [-0.39, 0.29) is 5.38 Å². The molecule has 6 heteroatoms. The van der Waals surface area contributed by atoms with Crippen LogP contribution in [0.1, 0.15) is 5.56 Å². The van der Waals surface area contributed by atoms with E-state index >= 15 is 0 Å². The molecule has 1 aromatic carbocycles. The molecule has 17 heavy (non-hydrogen) atoms. The molecule has 0 unspecified atom stereocenters. The Bertz CT molecular complexity index is 396. The lowest BCUT2D eigenvalue weighted by molar-refractivity contribution is -0.139. The standard InChI is InChI=1S/C11H11Cl3O3/c12-5-9(14)4-7-3-8(13)1-2-10(7)17-6-11(15)16/h1-3,9H,4-6H2,(H,15,16)/t9-/m1/s1. The first-order chi connectivity index (χ1) is 8.02. The number of hydrogen-bond acceptors (Lipinski definition) is 2. The summed E-state index contributed by atoms with van der Waals surface area (Å²) in [4.78, 5) is 10.4. The second-order valence-corrected chi connectivity index (χ2v) is 4.75. The van der Waals surface area contributed by atoms with Crippen molar-refractivity contribution in [2.45, 2.75) is 11.8 Å². The van der Waals surface area contributed by atoms with Gasteiger partial charge in [-0.3, -0.25) is 0 Å². The van der Waals surface area contributed by atoms with Crippen LogP contribution in [0.3, 0.4) is 0 Å². The lowest BCUT2D eigenvalue weighted by Gasteiger charge is -2.12. The number of carbonyl (C=O) groups is 1. The summed E-state index contributed by atoms with van der Waals surface area (Å²) in [6, 6.07) is 4.95. The van der Waals surface area contributed by atoms with Gasteiger partial charge in [-0.1, -0.05) is 11.6 Å². The van der Waals surface area contributed by atoms with Crippen LogP contribution in [-0.4, -0.2) is 28.9 Å². The van der Waals surface area contributed by atoms with Crippen LogP contribution in [0.2, 0.25) is 5.02 Å². The van der Waals surface area contributed by atoms with Crippen LogP contribution in [0, 0.1) is 0 Å². The number of hydrogen-bond donors (Lipinski definition) is 1. The molecule has 0 spiro atoms. The number of halogens is 3. The highest BCUT2D eigenvalue weighted by atomic mass is 35.5. The maximum atomic E-state index is 10.4. The molecular formula is C11H11Cl3O3. The second kappa shape index (κ2) is 6.94. The Balaban J connectivity index is 2.83. The topological polar surface area (TPSA) is 46.5 Å². The Labute approximate surface area is 114 Å². The summed E-state index contributed by atoms with van der Waals surface area (Å²) in [6.45, 7) is -0.400. The van der Waals surface area contributed by atoms with E-state index in [1.165, 1.54) is 0 Å². The van der Waals surface area contributed by atoms with Gasteiger partial charge in [-0.15, -0.1) is 23.2 Å². The zero-order valence-corrected chi connectivity index (χ0v) is 11.1. The summed E-state index contributed by atoms with van der Waals surface area (Å²) in [5.74, 6) is -0.273. The van der Waals surface area contributed by atoms with Crippen molar-refractivity contribution in [1.29, 1.82) is 0 Å². The van der Waals surface area contributed by atoms with Crippen molar-refractivity contribution in [3.63, 3.8) is 0 Å². The summed E-state index contributed by atoms with van der Waals surface area (Å²) in [5, 5.41) is 8.84. The number of ether oxygens (including phenoxy) is 1. The largest absolute Gasteiger partial charge is 0.482 e. The van der Waals surface area contributed by atoms with E-state index in [4.69, 9.17) is 44.6 Å². The Hall–Kier alpha value is -0.640. The van der Waals surface area contributed by atoms with Crippen molar-refractivity contribution < 1.29 is 14.6 Å². The van der Waals surface area contributed by atoms with Crippen molar-refractivity contribution >= 4 is 40.8 Å². The van der Waals surface area contributed by atoms with Gasteiger partial charge in [0, 0.05) is 10.9 Å². The average Bonchev–Trinajstić information content (AvgIpc) is 2.27. The second-order valence-electron chi connectivity index (χ2n) is 3.39. The molecule has 0 saturated heterocycles. The first kappa shape index (κ1) is 14.4.